The molecule has 0 aliphatic carbocycles. The lowest BCUT2D eigenvalue weighted by molar-refractivity contribution is 0.140. The van der Waals surface area contributed by atoms with E-state index in [1.807, 2.05) is 24.3 Å². The van der Waals surface area contributed by atoms with E-state index in [4.69, 9.17) is 14.2 Å². The Morgan fingerprint density at radius 2 is 1.84 bits per heavy atom. The van der Waals surface area contributed by atoms with Gasteiger partial charge in [0, 0.05) is 37.9 Å². The Kier molecular flexibility index (Phi) is 5.46. The topological polar surface area (TPSA) is 107 Å². The number of amides is 2. The summed E-state index contributed by atoms with van der Waals surface area (Å²) >= 11 is 0. The summed E-state index contributed by atoms with van der Waals surface area (Å²) in [7, 11) is 1.63. The third-order valence-corrected chi connectivity index (χ3v) is 5.50. The highest BCUT2D eigenvalue weighted by Crippen LogP contribution is 2.34. The molecule has 2 aliphatic rings. The van der Waals surface area contributed by atoms with E-state index in [1.165, 1.54) is 0 Å². The van der Waals surface area contributed by atoms with Crippen LogP contribution in [0.5, 0.6) is 17.2 Å². The van der Waals surface area contributed by atoms with Crippen LogP contribution in [0.15, 0.2) is 42.5 Å². The van der Waals surface area contributed by atoms with Crippen molar-refractivity contribution in [2.24, 2.45) is 0 Å². The number of anilines is 1. The van der Waals surface area contributed by atoms with Gasteiger partial charge in [-0.15, -0.1) is 5.10 Å². The fraction of sp³-hybridized carbons (Fsp3) is 0.333. The lowest BCUT2D eigenvalue weighted by Crippen LogP contribution is -2.49. The van der Waals surface area contributed by atoms with Gasteiger partial charge in [0.05, 0.1) is 19.3 Å². The smallest absolute Gasteiger partial charge is 0.321 e. The lowest BCUT2D eigenvalue weighted by Gasteiger charge is -2.34. The number of hydrogen-bond donors (Lipinski definition) is 1. The van der Waals surface area contributed by atoms with Gasteiger partial charge in [0.15, 0.2) is 17.3 Å². The van der Waals surface area contributed by atoms with E-state index in [0.717, 1.165) is 30.4 Å². The molecule has 3 aromatic rings. The van der Waals surface area contributed by atoms with Gasteiger partial charge < -0.3 is 24.4 Å². The van der Waals surface area contributed by atoms with Crippen molar-refractivity contribution in [3.05, 3.63) is 48.3 Å². The first-order chi connectivity index (χ1) is 15.7. The van der Waals surface area contributed by atoms with E-state index in [0.29, 0.717) is 36.8 Å². The van der Waals surface area contributed by atoms with Crippen LogP contribution >= 0.6 is 0 Å². The minimum atomic E-state index is -0.133. The third-order valence-electron chi connectivity index (χ3n) is 5.50. The number of urea groups is 1. The van der Waals surface area contributed by atoms with Gasteiger partial charge in [-0.05, 0) is 46.8 Å². The number of carbonyl (C=O) groups excluding carboxylic acids is 1. The molecule has 2 aromatic carbocycles. The molecule has 0 saturated carbocycles. The summed E-state index contributed by atoms with van der Waals surface area (Å²) in [6.45, 7) is 3.47. The zero-order valence-electron chi connectivity index (χ0n) is 17.6. The van der Waals surface area contributed by atoms with Gasteiger partial charge in [-0.1, -0.05) is 0 Å². The van der Waals surface area contributed by atoms with Crippen molar-refractivity contribution in [1.82, 2.24) is 30.0 Å². The van der Waals surface area contributed by atoms with Crippen LogP contribution in [0.2, 0.25) is 0 Å². The third kappa shape index (κ3) is 4.14. The van der Waals surface area contributed by atoms with Crippen molar-refractivity contribution in [2.75, 3.05) is 45.4 Å². The standard InChI is InChI=1S/C21H23N7O4/c1-30-17-5-3-16(4-6-17)28-20(23-24-25-28)13-26-8-10-27(11-9-26)21(29)22-15-2-7-18-19(12-15)32-14-31-18/h2-7,12H,8-11,13-14H2,1H3,(H,22,29). The molecule has 5 rings (SSSR count). The molecule has 166 valence electrons. The Balaban J connectivity index is 1.16. The van der Waals surface area contributed by atoms with Crippen molar-refractivity contribution < 1.29 is 19.0 Å². The molecule has 0 bridgehead atoms. The second-order valence-corrected chi connectivity index (χ2v) is 7.47. The van der Waals surface area contributed by atoms with Crippen LogP contribution < -0.4 is 19.5 Å². The number of fused-ring (bicyclic) bond motifs is 1. The first-order valence-corrected chi connectivity index (χ1v) is 10.3. The van der Waals surface area contributed by atoms with E-state index in [1.54, 1.807) is 34.9 Å². The highest BCUT2D eigenvalue weighted by molar-refractivity contribution is 5.89. The average Bonchev–Trinajstić information content (AvgIpc) is 3.49. The molecule has 2 aliphatic heterocycles. The van der Waals surface area contributed by atoms with E-state index < -0.39 is 0 Å². The molecule has 1 aromatic heterocycles. The van der Waals surface area contributed by atoms with Crippen molar-refractivity contribution in [3.63, 3.8) is 0 Å². The Bertz CT molecular complexity index is 1090. The van der Waals surface area contributed by atoms with Crippen LogP contribution in [-0.4, -0.2) is 76.1 Å². The van der Waals surface area contributed by atoms with E-state index in [2.05, 4.69) is 25.7 Å². The number of aromatic nitrogens is 4. The SMILES string of the molecule is COc1ccc(-n2nnnc2CN2CCN(C(=O)Nc3ccc4c(c3)OCO4)CC2)cc1. The summed E-state index contributed by atoms with van der Waals surface area (Å²) < 4.78 is 17.6. The number of methoxy groups -OCH3 is 1. The minimum Gasteiger partial charge on any atom is -0.497 e. The van der Waals surface area contributed by atoms with Gasteiger partial charge in [-0.2, -0.15) is 4.68 Å². The maximum absolute atomic E-state index is 12.7. The van der Waals surface area contributed by atoms with Gasteiger partial charge in [-0.25, -0.2) is 4.79 Å². The number of rotatable bonds is 5. The summed E-state index contributed by atoms with van der Waals surface area (Å²) in [5.74, 6) is 2.85. The summed E-state index contributed by atoms with van der Waals surface area (Å²) in [6.07, 6.45) is 0. The van der Waals surface area contributed by atoms with Gasteiger partial charge in [0.2, 0.25) is 6.79 Å². The molecule has 3 heterocycles. The van der Waals surface area contributed by atoms with E-state index >= 15 is 0 Å². The number of benzene rings is 2. The Morgan fingerprint density at radius 3 is 2.62 bits per heavy atom. The molecular formula is C21H23N7O4. The van der Waals surface area contributed by atoms with Crippen LogP contribution in [0.3, 0.4) is 0 Å². The zero-order chi connectivity index (χ0) is 21.9. The Morgan fingerprint density at radius 1 is 1.06 bits per heavy atom. The fourth-order valence-corrected chi connectivity index (χ4v) is 3.71. The molecule has 32 heavy (non-hydrogen) atoms. The molecule has 0 spiro atoms. The predicted molar refractivity (Wildman–Crippen MR) is 114 cm³/mol. The zero-order valence-corrected chi connectivity index (χ0v) is 17.6. The second-order valence-electron chi connectivity index (χ2n) is 7.47. The largest absolute Gasteiger partial charge is 0.497 e. The molecule has 1 fully saturated rings. The second kappa shape index (κ2) is 8.71. The molecular weight excluding hydrogens is 414 g/mol. The summed E-state index contributed by atoms with van der Waals surface area (Å²) in [5.41, 5.74) is 1.55. The number of hydrogen-bond acceptors (Lipinski definition) is 8. The highest BCUT2D eigenvalue weighted by Gasteiger charge is 2.23. The van der Waals surface area contributed by atoms with Crippen LogP contribution in [0.1, 0.15) is 5.82 Å². The van der Waals surface area contributed by atoms with Crippen LogP contribution in [-0.2, 0) is 6.54 Å². The summed E-state index contributed by atoms with van der Waals surface area (Å²) in [5, 5.41) is 15.1. The normalized spacial score (nSPS) is 15.6. The molecule has 1 saturated heterocycles. The van der Waals surface area contributed by atoms with Crippen LogP contribution in [0, 0.1) is 0 Å². The van der Waals surface area contributed by atoms with Crippen molar-refractivity contribution in [3.8, 4) is 22.9 Å². The average molecular weight is 437 g/mol. The van der Waals surface area contributed by atoms with Gasteiger partial charge in [-0.3, -0.25) is 4.90 Å². The Labute approximate surface area is 184 Å². The number of ether oxygens (including phenoxy) is 3. The predicted octanol–water partition coefficient (Wildman–Crippen LogP) is 1.75. The number of carbonyl (C=O) groups is 1. The minimum absolute atomic E-state index is 0.133. The first kappa shape index (κ1) is 20.1. The maximum Gasteiger partial charge on any atom is 0.321 e. The highest BCUT2D eigenvalue weighted by atomic mass is 16.7. The van der Waals surface area contributed by atoms with Gasteiger partial charge >= 0.3 is 6.03 Å². The Hall–Kier alpha value is -3.86. The van der Waals surface area contributed by atoms with Gasteiger partial charge in [0.1, 0.15) is 5.75 Å². The number of nitrogens with zero attached hydrogens (tertiary/aromatic N) is 6. The number of nitrogens with one attached hydrogen (secondary N) is 1. The first-order valence-electron chi connectivity index (χ1n) is 10.3. The molecule has 0 atom stereocenters. The monoisotopic (exact) mass is 437 g/mol. The molecule has 0 unspecified atom stereocenters. The summed E-state index contributed by atoms with van der Waals surface area (Å²) in [6, 6.07) is 12.8. The van der Waals surface area contributed by atoms with E-state index in [-0.39, 0.29) is 12.8 Å². The fourth-order valence-electron chi connectivity index (χ4n) is 3.71. The van der Waals surface area contributed by atoms with Crippen molar-refractivity contribution >= 4 is 11.7 Å². The lowest BCUT2D eigenvalue weighted by atomic mass is 10.2. The van der Waals surface area contributed by atoms with Crippen LogP contribution in [0.4, 0.5) is 10.5 Å². The van der Waals surface area contributed by atoms with Crippen molar-refractivity contribution in [1.29, 1.82) is 0 Å². The number of tetrazole rings is 1. The number of piperazine rings is 1. The molecule has 11 heteroatoms. The molecule has 2 amide bonds. The molecule has 1 N–H and O–H groups in total. The summed E-state index contributed by atoms with van der Waals surface area (Å²) in [4.78, 5) is 16.7. The molecule has 11 nitrogen and oxygen atoms in total. The maximum atomic E-state index is 12.7. The quantitative estimate of drug-likeness (QED) is 0.643. The van der Waals surface area contributed by atoms with Crippen molar-refractivity contribution in [2.45, 2.75) is 6.54 Å². The van der Waals surface area contributed by atoms with Crippen LogP contribution in [0.25, 0.3) is 5.69 Å². The van der Waals surface area contributed by atoms with Gasteiger partial charge in [0.25, 0.3) is 0 Å². The molecule has 0 radical (unpaired) electrons. The van der Waals surface area contributed by atoms with E-state index in [9.17, 15) is 4.79 Å².